The minimum atomic E-state index is -0.164. The van der Waals surface area contributed by atoms with Crippen LogP contribution >= 0.6 is 11.6 Å². The van der Waals surface area contributed by atoms with Gasteiger partial charge in [0.25, 0.3) is 0 Å². The maximum absolute atomic E-state index is 13.1. The number of benzene rings is 2. The van der Waals surface area contributed by atoms with E-state index in [-0.39, 0.29) is 17.6 Å². The zero-order valence-corrected chi connectivity index (χ0v) is 19.4. The number of fused-ring (bicyclic) bond motifs is 1. The lowest BCUT2D eigenvalue weighted by molar-refractivity contribution is -0.0137. The van der Waals surface area contributed by atoms with Crippen LogP contribution in [-0.4, -0.2) is 36.1 Å². The highest BCUT2D eigenvalue weighted by Crippen LogP contribution is 2.56. The molecule has 3 aliphatic rings. The first-order valence-electron chi connectivity index (χ1n) is 12.0. The van der Waals surface area contributed by atoms with Crippen LogP contribution in [0.2, 0.25) is 0 Å². The largest absolute Gasteiger partial charge is 0.494 e. The summed E-state index contributed by atoms with van der Waals surface area (Å²) in [4.78, 5) is 15.2. The number of ether oxygens (including phenoxy) is 2. The van der Waals surface area contributed by atoms with Gasteiger partial charge in [-0.2, -0.15) is 0 Å². The molecule has 5 heteroatoms. The van der Waals surface area contributed by atoms with Crippen LogP contribution in [0.4, 0.5) is 4.79 Å². The van der Waals surface area contributed by atoms with Gasteiger partial charge in [-0.3, -0.25) is 0 Å². The molecule has 1 heterocycles. The van der Waals surface area contributed by atoms with Crippen molar-refractivity contribution < 1.29 is 14.3 Å². The molecule has 0 radical (unpaired) electrons. The second-order valence-electron chi connectivity index (χ2n) is 9.47. The highest BCUT2D eigenvalue weighted by atomic mass is 35.5. The second-order valence-corrected chi connectivity index (χ2v) is 9.85. The smallest absolute Gasteiger partial charge is 0.410 e. The van der Waals surface area contributed by atoms with E-state index in [0.29, 0.717) is 25.0 Å². The van der Waals surface area contributed by atoms with Gasteiger partial charge in [-0.1, -0.05) is 49.2 Å². The van der Waals surface area contributed by atoms with E-state index < -0.39 is 0 Å². The van der Waals surface area contributed by atoms with Crippen LogP contribution in [0, 0.1) is 5.92 Å². The number of carbonyl (C=O) groups is 1. The molecule has 32 heavy (non-hydrogen) atoms. The number of carbonyl (C=O) groups excluding carboxylic acids is 1. The molecule has 2 aliphatic carbocycles. The number of hydrogen-bond donors (Lipinski definition) is 0. The highest BCUT2D eigenvalue weighted by Gasteiger charge is 2.55. The molecule has 2 aromatic rings. The molecular weight excluding hydrogens is 422 g/mol. The number of nitrogens with zero attached hydrogens (tertiary/aromatic N) is 1. The summed E-state index contributed by atoms with van der Waals surface area (Å²) in [5.41, 5.74) is 4.04. The van der Waals surface area contributed by atoms with Crippen LogP contribution in [0.25, 0.3) is 0 Å². The van der Waals surface area contributed by atoms with Gasteiger partial charge in [-0.05, 0) is 66.8 Å². The predicted molar refractivity (Wildman–Crippen MR) is 126 cm³/mol. The molecule has 0 spiro atoms. The fraction of sp³-hybridized carbons (Fsp3) is 0.519. The Kier molecular flexibility index (Phi) is 6.32. The molecule has 2 aromatic carbocycles. The summed E-state index contributed by atoms with van der Waals surface area (Å²) < 4.78 is 11.7. The van der Waals surface area contributed by atoms with E-state index in [1.165, 1.54) is 36.8 Å². The molecule has 170 valence electrons. The molecular formula is C27H32ClNO3. The maximum atomic E-state index is 13.1. The lowest BCUT2D eigenvalue weighted by Crippen LogP contribution is -2.62. The summed E-state index contributed by atoms with van der Waals surface area (Å²) in [5.74, 6) is 2.07. The summed E-state index contributed by atoms with van der Waals surface area (Å²) in [6, 6.07) is 16.8. The molecule has 4 nitrogen and oxygen atoms in total. The summed E-state index contributed by atoms with van der Waals surface area (Å²) in [5, 5.41) is 0. The van der Waals surface area contributed by atoms with Crippen molar-refractivity contribution in [2.45, 2.75) is 63.0 Å². The molecule has 1 aliphatic heterocycles. The van der Waals surface area contributed by atoms with Gasteiger partial charge in [0.05, 0.1) is 6.61 Å². The average Bonchev–Trinajstić information content (AvgIpc) is 2.84. The number of rotatable bonds is 6. The van der Waals surface area contributed by atoms with Crippen molar-refractivity contribution in [2.75, 3.05) is 19.0 Å². The van der Waals surface area contributed by atoms with Gasteiger partial charge >= 0.3 is 6.09 Å². The van der Waals surface area contributed by atoms with Gasteiger partial charge in [0.1, 0.15) is 12.4 Å². The van der Waals surface area contributed by atoms with Crippen molar-refractivity contribution in [3.05, 3.63) is 65.2 Å². The van der Waals surface area contributed by atoms with E-state index in [4.69, 9.17) is 21.1 Å². The van der Waals surface area contributed by atoms with Crippen molar-refractivity contribution in [1.29, 1.82) is 0 Å². The van der Waals surface area contributed by atoms with Crippen LogP contribution in [-0.2, 0) is 23.2 Å². The van der Waals surface area contributed by atoms with Crippen molar-refractivity contribution in [3.8, 4) is 5.75 Å². The Bertz CT molecular complexity index is 949. The van der Waals surface area contributed by atoms with E-state index in [2.05, 4.69) is 18.2 Å². The standard InChI is InChI=1S/C27H32ClNO3/c28-14-6-16-31-22-11-10-21-17-25-23-9-4-5-12-27(23,24(21)18-22)13-15-29(25)26(30)32-19-20-7-2-1-3-8-20/h1-3,7-8,10-11,18,23,25H,4-6,9,12-17,19H2/t23-,25+,27+/m0/s1. The van der Waals surface area contributed by atoms with Gasteiger partial charge in [-0.25, -0.2) is 4.79 Å². The van der Waals surface area contributed by atoms with E-state index >= 15 is 0 Å². The lowest BCUT2D eigenvalue weighted by atomic mass is 9.52. The first kappa shape index (κ1) is 21.6. The molecule has 1 amide bonds. The second kappa shape index (κ2) is 9.35. The first-order chi connectivity index (χ1) is 15.7. The SMILES string of the molecule is O=C(OCc1ccccc1)N1CC[C@]23CCCC[C@H]2[C@H]1Cc1ccc(OCCCCl)cc13. The van der Waals surface area contributed by atoms with E-state index in [9.17, 15) is 4.79 Å². The average molecular weight is 454 g/mol. The topological polar surface area (TPSA) is 38.8 Å². The normalized spacial score (nSPS) is 26.1. The molecule has 5 rings (SSSR count). The fourth-order valence-electron chi connectivity index (χ4n) is 6.35. The van der Waals surface area contributed by atoms with E-state index in [1.807, 2.05) is 35.2 Å². The first-order valence-corrected chi connectivity index (χ1v) is 12.5. The van der Waals surface area contributed by atoms with Gasteiger partial charge in [0.15, 0.2) is 0 Å². The Morgan fingerprint density at radius 2 is 2.00 bits per heavy atom. The minimum absolute atomic E-state index is 0.164. The molecule has 2 bridgehead atoms. The predicted octanol–water partition coefficient (Wildman–Crippen LogP) is 6.09. The Morgan fingerprint density at radius 3 is 2.84 bits per heavy atom. The van der Waals surface area contributed by atoms with Crippen molar-refractivity contribution in [3.63, 3.8) is 0 Å². The van der Waals surface area contributed by atoms with Gasteiger partial charge in [0.2, 0.25) is 0 Å². The van der Waals surface area contributed by atoms with Crippen LogP contribution in [0.5, 0.6) is 5.75 Å². The number of piperidine rings is 1. The monoisotopic (exact) mass is 453 g/mol. The number of amides is 1. The number of hydrogen-bond acceptors (Lipinski definition) is 3. The molecule has 1 saturated carbocycles. The van der Waals surface area contributed by atoms with E-state index in [0.717, 1.165) is 37.1 Å². The molecule has 2 fully saturated rings. The van der Waals surface area contributed by atoms with Crippen LogP contribution in [0.15, 0.2) is 48.5 Å². The van der Waals surface area contributed by atoms with Crippen molar-refractivity contribution in [1.82, 2.24) is 4.90 Å². The van der Waals surface area contributed by atoms with Crippen LogP contribution in [0.1, 0.15) is 55.2 Å². The Hall–Kier alpha value is -2.20. The molecule has 0 aromatic heterocycles. The van der Waals surface area contributed by atoms with Crippen LogP contribution in [0.3, 0.4) is 0 Å². The Balaban J connectivity index is 1.38. The zero-order chi connectivity index (χ0) is 22.0. The van der Waals surface area contributed by atoms with Crippen LogP contribution < -0.4 is 4.74 Å². The Morgan fingerprint density at radius 1 is 1.12 bits per heavy atom. The number of alkyl halides is 1. The third kappa shape index (κ3) is 3.98. The van der Waals surface area contributed by atoms with Gasteiger partial charge in [-0.15, -0.1) is 11.6 Å². The maximum Gasteiger partial charge on any atom is 0.410 e. The van der Waals surface area contributed by atoms with Crippen molar-refractivity contribution in [2.24, 2.45) is 5.92 Å². The summed E-state index contributed by atoms with van der Waals surface area (Å²) >= 11 is 5.82. The molecule has 0 N–H and O–H groups in total. The third-order valence-electron chi connectivity index (χ3n) is 7.79. The molecule has 3 atom stereocenters. The van der Waals surface area contributed by atoms with Gasteiger partial charge < -0.3 is 14.4 Å². The minimum Gasteiger partial charge on any atom is -0.494 e. The lowest BCUT2D eigenvalue weighted by Gasteiger charge is -2.58. The Labute approximate surface area is 195 Å². The summed E-state index contributed by atoms with van der Waals surface area (Å²) in [6.07, 6.45) is 7.51. The van der Waals surface area contributed by atoms with E-state index in [1.54, 1.807) is 0 Å². The molecule has 0 unspecified atom stereocenters. The van der Waals surface area contributed by atoms with Gasteiger partial charge in [0, 0.05) is 23.9 Å². The number of halogens is 1. The summed E-state index contributed by atoms with van der Waals surface area (Å²) in [6.45, 7) is 1.76. The number of likely N-dealkylation sites (tertiary alicyclic amines) is 1. The zero-order valence-electron chi connectivity index (χ0n) is 18.6. The highest BCUT2D eigenvalue weighted by molar-refractivity contribution is 6.17. The summed E-state index contributed by atoms with van der Waals surface area (Å²) in [7, 11) is 0. The third-order valence-corrected chi connectivity index (χ3v) is 8.06. The quantitative estimate of drug-likeness (QED) is 0.392. The van der Waals surface area contributed by atoms with Crippen molar-refractivity contribution >= 4 is 17.7 Å². The molecule has 1 saturated heterocycles. The fourth-order valence-corrected chi connectivity index (χ4v) is 6.46.